The molecule has 2 N–H and O–H groups in total. The second-order valence-electron chi connectivity index (χ2n) is 8.60. The Morgan fingerprint density at radius 3 is 2.44 bits per heavy atom. The van der Waals surface area contributed by atoms with Gasteiger partial charge in [-0.15, -0.1) is 0 Å². The van der Waals surface area contributed by atoms with Gasteiger partial charge in [-0.3, -0.25) is 0 Å². The topological polar surface area (TPSA) is 92.3 Å². The van der Waals surface area contributed by atoms with Crippen LogP contribution in [0.3, 0.4) is 0 Å². The molecule has 0 spiro atoms. The molecule has 1 aliphatic heterocycles. The quantitative estimate of drug-likeness (QED) is 0.643. The van der Waals surface area contributed by atoms with Crippen molar-refractivity contribution >= 4 is 23.5 Å². The first-order valence-electron chi connectivity index (χ1n) is 11.3. The highest BCUT2D eigenvalue weighted by Crippen LogP contribution is 2.33. The third-order valence-corrected chi connectivity index (χ3v) is 5.87. The van der Waals surface area contributed by atoms with E-state index in [1.165, 1.54) is 13.1 Å². The second-order valence-corrected chi connectivity index (χ2v) is 8.60. The predicted molar refractivity (Wildman–Crippen MR) is 120 cm³/mol. The molecule has 1 saturated heterocycles. The molecule has 3 rings (SSSR count). The number of ether oxygens (including phenoxy) is 1. The average Bonchev–Trinajstić information content (AvgIpc) is 2.79. The molecule has 1 aromatic carbocycles. The summed E-state index contributed by atoms with van der Waals surface area (Å²) in [6, 6.07) is 4.54. The van der Waals surface area contributed by atoms with E-state index in [1.54, 1.807) is 11.0 Å². The van der Waals surface area contributed by atoms with Crippen LogP contribution < -0.4 is 10.6 Å². The maximum absolute atomic E-state index is 14.3. The van der Waals surface area contributed by atoms with E-state index >= 15 is 0 Å². The van der Waals surface area contributed by atoms with Gasteiger partial charge in [0.1, 0.15) is 11.9 Å². The Balaban J connectivity index is 1.43. The first kappa shape index (κ1) is 23.8. The lowest BCUT2D eigenvalue weighted by Crippen LogP contribution is -2.41. The molecule has 176 valence electrons. The minimum absolute atomic E-state index is 0.0118. The lowest BCUT2D eigenvalue weighted by atomic mass is 9.83. The average molecular weight is 449 g/mol. The van der Waals surface area contributed by atoms with E-state index in [2.05, 4.69) is 15.8 Å². The van der Waals surface area contributed by atoms with Crippen LogP contribution in [-0.2, 0) is 9.57 Å². The number of amides is 3. The van der Waals surface area contributed by atoms with Gasteiger partial charge in [-0.25, -0.2) is 14.0 Å². The number of carbonyl (C=O) groups is 2. The minimum atomic E-state index is -0.448. The molecule has 1 aromatic rings. The highest BCUT2D eigenvalue weighted by molar-refractivity contribution is 5.89. The summed E-state index contributed by atoms with van der Waals surface area (Å²) in [4.78, 5) is 30.8. The number of nitrogens with one attached hydrogen (secondary N) is 2. The van der Waals surface area contributed by atoms with Crippen LogP contribution in [-0.4, -0.2) is 55.1 Å². The smallest absolute Gasteiger partial charge is 0.410 e. The number of piperidine rings is 1. The van der Waals surface area contributed by atoms with E-state index in [0.717, 1.165) is 49.8 Å². The van der Waals surface area contributed by atoms with Gasteiger partial charge in [-0.1, -0.05) is 11.2 Å². The fraction of sp³-hybridized carbons (Fsp3) is 0.609. The van der Waals surface area contributed by atoms with Crippen molar-refractivity contribution in [1.82, 2.24) is 10.2 Å². The van der Waals surface area contributed by atoms with E-state index < -0.39 is 11.8 Å². The van der Waals surface area contributed by atoms with Gasteiger partial charge in [-0.2, -0.15) is 0 Å². The number of benzene rings is 1. The van der Waals surface area contributed by atoms with Gasteiger partial charge in [-0.05, 0) is 63.1 Å². The summed E-state index contributed by atoms with van der Waals surface area (Å²) in [5, 5.41) is 9.26. The van der Waals surface area contributed by atoms with Gasteiger partial charge in [0.2, 0.25) is 0 Å². The molecule has 0 aromatic heterocycles. The zero-order chi connectivity index (χ0) is 23.1. The molecular weight excluding hydrogens is 415 g/mol. The van der Waals surface area contributed by atoms with E-state index in [9.17, 15) is 14.0 Å². The van der Waals surface area contributed by atoms with Gasteiger partial charge in [0, 0.05) is 33.0 Å². The van der Waals surface area contributed by atoms with Gasteiger partial charge in [0.05, 0.1) is 17.5 Å². The number of rotatable bonds is 5. The number of hydrogen-bond donors (Lipinski definition) is 2. The Hall–Kier alpha value is -2.84. The molecule has 1 heterocycles. The van der Waals surface area contributed by atoms with Crippen molar-refractivity contribution in [1.29, 1.82) is 0 Å². The third-order valence-electron chi connectivity index (χ3n) is 5.87. The fourth-order valence-corrected chi connectivity index (χ4v) is 4.02. The van der Waals surface area contributed by atoms with Crippen molar-refractivity contribution in [3.63, 3.8) is 0 Å². The summed E-state index contributed by atoms with van der Waals surface area (Å²) < 4.78 is 19.6. The predicted octanol–water partition coefficient (Wildman–Crippen LogP) is 4.62. The molecular formula is C23H33FN4O4. The minimum Gasteiger partial charge on any atom is -0.447 e. The van der Waals surface area contributed by atoms with Crippen LogP contribution in [0.2, 0.25) is 0 Å². The maximum atomic E-state index is 14.3. The normalized spacial score (nSPS) is 19.5. The van der Waals surface area contributed by atoms with Crippen LogP contribution in [0, 0.1) is 5.82 Å². The number of hydrogen-bond acceptors (Lipinski definition) is 5. The summed E-state index contributed by atoms with van der Waals surface area (Å²) in [6.45, 7) is 4.91. The molecule has 3 amide bonds. The second kappa shape index (κ2) is 11.2. The van der Waals surface area contributed by atoms with E-state index in [-0.39, 0.29) is 29.9 Å². The number of nitrogens with zero attached hydrogens (tertiary/aromatic N) is 2. The van der Waals surface area contributed by atoms with E-state index in [1.807, 2.05) is 19.9 Å². The zero-order valence-corrected chi connectivity index (χ0v) is 19.0. The Morgan fingerprint density at radius 2 is 1.84 bits per heavy atom. The first-order valence-corrected chi connectivity index (χ1v) is 11.3. The van der Waals surface area contributed by atoms with Crippen LogP contribution in [0.5, 0.6) is 0 Å². The van der Waals surface area contributed by atoms with Crippen molar-refractivity contribution in [3.05, 3.63) is 29.6 Å². The molecule has 32 heavy (non-hydrogen) atoms. The molecule has 8 nitrogen and oxygen atoms in total. The number of likely N-dealkylation sites (tertiary alicyclic amines) is 1. The fourth-order valence-electron chi connectivity index (χ4n) is 4.02. The standard InChI is InChI=1S/C23H33FN4O4/c1-15(2)31-23(30)28-12-10-19(11-13-28)32-27-18-7-4-16(5-8-18)17-6-9-21(20(24)14-17)26-22(29)25-3/h6,9,14-16,19H,4-5,7-8,10-13H2,1-3H3,(H2,25,26,29). The Bertz CT molecular complexity index is 827. The maximum Gasteiger partial charge on any atom is 0.410 e. The van der Waals surface area contributed by atoms with Gasteiger partial charge < -0.3 is 25.1 Å². The highest BCUT2D eigenvalue weighted by atomic mass is 19.1. The van der Waals surface area contributed by atoms with Crippen molar-refractivity contribution < 1.29 is 23.6 Å². The molecule has 2 fully saturated rings. The van der Waals surface area contributed by atoms with Gasteiger partial charge >= 0.3 is 12.1 Å². The van der Waals surface area contributed by atoms with Crippen LogP contribution >= 0.6 is 0 Å². The van der Waals surface area contributed by atoms with Crippen molar-refractivity contribution in [3.8, 4) is 0 Å². The van der Waals surface area contributed by atoms with Gasteiger partial charge in [0.25, 0.3) is 0 Å². The van der Waals surface area contributed by atoms with E-state index in [0.29, 0.717) is 13.1 Å². The molecule has 0 radical (unpaired) electrons. The van der Waals surface area contributed by atoms with Crippen molar-refractivity contribution in [2.75, 3.05) is 25.5 Å². The summed E-state index contributed by atoms with van der Waals surface area (Å²) in [5.74, 6) is -0.176. The number of oxime groups is 1. The summed E-state index contributed by atoms with van der Waals surface area (Å²) >= 11 is 0. The van der Waals surface area contributed by atoms with Crippen molar-refractivity contribution in [2.24, 2.45) is 5.16 Å². The van der Waals surface area contributed by atoms with Crippen LogP contribution in [0.15, 0.2) is 23.4 Å². The van der Waals surface area contributed by atoms with E-state index in [4.69, 9.17) is 9.57 Å². The monoisotopic (exact) mass is 448 g/mol. The van der Waals surface area contributed by atoms with Crippen LogP contribution in [0.4, 0.5) is 19.7 Å². The number of carbonyl (C=O) groups excluding carboxylic acids is 2. The summed E-state index contributed by atoms with van der Waals surface area (Å²) in [6.07, 6.45) is 4.48. The number of halogens is 1. The third kappa shape index (κ3) is 6.58. The first-order chi connectivity index (χ1) is 15.4. The van der Waals surface area contributed by atoms with Crippen LogP contribution in [0.1, 0.15) is 63.9 Å². The summed E-state index contributed by atoms with van der Waals surface area (Å²) in [5.41, 5.74) is 2.13. The van der Waals surface area contributed by atoms with Crippen LogP contribution in [0.25, 0.3) is 0 Å². The molecule has 0 bridgehead atoms. The SMILES string of the molecule is CNC(=O)Nc1ccc(C2CCC(=NOC3CCN(C(=O)OC(C)C)CC3)CC2)cc1F. The molecule has 0 unspecified atom stereocenters. The molecule has 0 atom stereocenters. The molecule has 2 aliphatic rings. The largest absolute Gasteiger partial charge is 0.447 e. The summed E-state index contributed by atoms with van der Waals surface area (Å²) in [7, 11) is 1.49. The Morgan fingerprint density at radius 1 is 1.16 bits per heavy atom. The lowest BCUT2D eigenvalue weighted by molar-refractivity contribution is 0.00403. The van der Waals surface area contributed by atoms with Crippen molar-refractivity contribution in [2.45, 2.75) is 70.5 Å². The number of urea groups is 1. The lowest BCUT2D eigenvalue weighted by Gasteiger charge is -2.31. The Kier molecular flexibility index (Phi) is 8.30. The number of anilines is 1. The van der Waals surface area contributed by atoms with Gasteiger partial charge in [0.15, 0.2) is 0 Å². The highest BCUT2D eigenvalue weighted by Gasteiger charge is 2.26. The molecule has 1 aliphatic carbocycles. The molecule has 1 saturated carbocycles. The zero-order valence-electron chi connectivity index (χ0n) is 19.0. The Labute approximate surface area is 188 Å². The molecule has 9 heteroatoms.